The lowest BCUT2D eigenvalue weighted by atomic mass is 9.84. The lowest BCUT2D eigenvalue weighted by molar-refractivity contribution is -0.139. The van der Waals surface area contributed by atoms with Gasteiger partial charge in [0.2, 0.25) is 5.91 Å². The van der Waals surface area contributed by atoms with Crippen molar-refractivity contribution in [3.8, 4) is 5.75 Å². The zero-order valence-electron chi connectivity index (χ0n) is 17.0. The van der Waals surface area contributed by atoms with Crippen LogP contribution in [-0.4, -0.2) is 72.0 Å². The summed E-state index contributed by atoms with van der Waals surface area (Å²) in [6, 6.07) is 12.4. The molecule has 4 amide bonds. The summed E-state index contributed by atoms with van der Waals surface area (Å²) in [5, 5.41) is 2.83. The van der Waals surface area contributed by atoms with Crippen molar-refractivity contribution < 1.29 is 19.1 Å². The average Bonchev–Trinajstić information content (AvgIpc) is 3.04. The number of fused-ring (bicyclic) bond motifs is 2. The van der Waals surface area contributed by atoms with Crippen LogP contribution in [0.3, 0.4) is 0 Å². The topological polar surface area (TPSA) is 95.1 Å². The number of imide groups is 1. The Bertz CT molecular complexity index is 1020. The molecule has 160 valence electrons. The van der Waals surface area contributed by atoms with E-state index in [-0.39, 0.29) is 12.5 Å². The number of nitrogens with zero attached hydrogens (tertiary/aromatic N) is 4. The molecular formula is C22H23N5O4. The van der Waals surface area contributed by atoms with Crippen LogP contribution in [0, 0.1) is 0 Å². The Morgan fingerprint density at radius 1 is 1.06 bits per heavy atom. The Labute approximate surface area is 179 Å². The SMILES string of the molecule is O=C(CN1C(=O)N[C@]2(CCOc3ccccc32)C1=O)N1CCN(c2ccccn2)CC1. The fourth-order valence-corrected chi connectivity index (χ4v) is 4.48. The van der Waals surface area contributed by atoms with E-state index < -0.39 is 17.5 Å². The third-order valence-corrected chi connectivity index (χ3v) is 6.16. The summed E-state index contributed by atoms with van der Waals surface area (Å²) in [4.78, 5) is 48.1. The monoisotopic (exact) mass is 421 g/mol. The summed E-state index contributed by atoms with van der Waals surface area (Å²) in [5.41, 5.74) is -0.525. The predicted molar refractivity (Wildman–Crippen MR) is 112 cm³/mol. The molecule has 1 aromatic carbocycles. The zero-order chi connectivity index (χ0) is 21.4. The number of urea groups is 1. The summed E-state index contributed by atoms with van der Waals surface area (Å²) in [7, 11) is 0. The van der Waals surface area contributed by atoms with E-state index in [9.17, 15) is 14.4 Å². The van der Waals surface area contributed by atoms with E-state index >= 15 is 0 Å². The first-order valence-corrected chi connectivity index (χ1v) is 10.4. The number of rotatable bonds is 3. The molecule has 4 heterocycles. The van der Waals surface area contributed by atoms with Crippen LogP contribution in [-0.2, 0) is 15.1 Å². The highest BCUT2D eigenvalue weighted by Gasteiger charge is 2.55. The van der Waals surface area contributed by atoms with Crippen molar-refractivity contribution in [2.75, 3.05) is 44.2 Å². The van der Waals surface area contributed by atoms with E-state index in [1.165, 1.54) is 0 Å². The predicted octanol–water partition coefficient (Wildman–Crippen LogP) is 0.960. The Morgan fingerprint density at radius 2 is 1.84 bits per heavy atom. The maximum Gasteiger partial charge on any atom is 0.325 e. The van der Waals surface area contributed by atoms with Gasteiger partial charge in [0, 0.05) is 44.4 Å². The first-order valence-electron chi connectivity index (χ1n) is 10.4. The van der Waals surface area contributed by atoms with Crippen molar-refractivity contribution in [1.82, 2.24) is 20.1 Å². The molecule has 2 fully saturated rings. The average molecular weight is 421 g/mol. The van der Waals surface area contributed by atoms with Gasteiger partial charge in [-0.3, -0.25) is 14.5 Å². The largest absolute Gasteiger partial charge is 0.493 e. The van der Waals surface area contributed by atoms with Gasteiger partial charge in [0.05, 0.1) is 6.61 Å². The number of aromatic nitrogens is 1. The van der Waals surface area contributed by atoms with Gasteiger partial charge in [0.15, 0.2) is 5.54 Å². The first-order chi connectivity index (χ1) is 15.1. The molecule has 5 rings (SSSR count). The van der Waals surface area contributed by atoms with E-state index in [0.29, 0.717) is 50.5 Å². The molecular weight excluding hydrogens is 398 g/mol. The lowest BCUT2D eigenvalue weighted by Crippen LogP contribution is -2.52. The normalized spacial score (nSPS) is 22.9. The number of ether oxygens (including phenoxy) is 1. The molecule has 1 atom stereocenters. The maximum absolute atomic E-state index is 13.3. The van der Waals surface area contributed by atoms with E-state index in [0.717, 1.165) is 10.7 Å². The number of pyridine rings is 1. The second-order valence-corrected chi connectivity index (χ2v) is 7.88. The Morgan fingerprint density at radius 3 is 2.61 bits per heavy atom. The van der Waals surface area contributed by atoms with Crippen LogP contribution in [0.4, 0.5) is 10.6 Å². The number of para-hydroxylation sites is 1. The molecule has 31 heavy (non-hydrogen) atoms. The van der Waals surface area contributed by atoms with Crippen molar-refractivity contribution in [3.63, 3.8) is 0 Å². The number of nitrogens with one attached hydrogen (secondary N) is 1. The molecule has 1 spiro atoms. The summed E-state index contributed by atoms with van der Waals surface area (Å²) >= 11 is 0. The van der Waals surface area contributed by atoms with Gasteiger partial charge in [-0.05, 0) is 18.2 Å². The van der Waals surface area contributed by atoms with Crippen LogP contribution in [0.15, 0.2) is 48.7 Å². The summed E-state index contributed by atoms with van der Waals surface area (Å²) in [5.74, 6) is 0.834. The molecule has 1 aromatic heterocycles. The van der Waals surface area contributed by atoms with E-state index in [1.54, 1.807) is 23.2 Å². The molecule has 0 saturated carbocycles. The summed E-state index contributed by atoms with van der Waals surface area (Å²) < 4.78 is 5.64. The molecule has 9 heteroatoms. The van der Waals surface area contributed by atoms with E-state index in [2.05, 4.69) is 15.2 Å². The highest BCUT2D eigenvalue weighted by molar-refractivity contribution is 6.09. The van der Waals surface area contributed by atoms with Gasteiger partial charge in [-0.15, -0.1) is 0 Å². The van der Waals surface area contributed by atoms with Crippen LogP contribution in [0.25, 0.3) is 0 Å². The fourth-order valence-electron chi connectivity index (χ4n) is 4.48. The number of piperazine rings is 1. The Kier molecular flexibility index (Phi) is 4.72. The molecule has 9 nitrogen and oxygen atoms in total. The molecule has 1 N–H and O–H groups in total. The third-order valence-electron chi connectivity index (χ3n) is 6.16. The molecule has 0 radical (unpaired) electrons. The number of carbonyl (C=O) groups excluding carboxylic acids is 3. The van der Waals surface area contributed by atoms with Crippen molar-refractivity contribution in [3.05, 3.63) is 54.2 Å². The van der Waals surface area contributed by atoms with Gasteiger partial charge < -0.3 is 19.9 Å². The second-order valence-electron chi connectivity index (χ2n) is 7.88. The maximum atomic E-state index is 13.3. The van der Waals surface area contributed by atoms with E-state index in [4.69, 9.17) is 4.74 Å². The molecule has 3 aliphatic heterocycles. The van der Waals surface area contributed by atoms with Crippen molar-refractivity contribution >= 4 is 23.7 Å². The smallest absolute Gasteiger partial charge is 0.325 e. The minimum absolute atomic E-state index is 0.235. The number of hydrogen-bond acceptors (Lipinski definition) is 6. The van der Waals surface area contributed by atoms with Crippen LogP contribution in [0.5, 0.6) is 5.75 Å². The standard InChI is InChI=1S/C22H23N5O4/c28-19(26-12-10-25(11-13-26)18-7-3-4-9-23-18)15-27-20(29)22(24-21(27)30)8-14-31-17-6-2-1-5-16(17)22/h1-7,9H,8,10-15H2,(H,24,30)/t22-/m0/s1. The summed E-state index contributed by atoms with van der Waals surface area (Å²) in [6.07, 6.45) is 2.08. The van der Waals surface area contributed by atoms with Crippen LogP contribution in [0.1, 0.15) is 12.0 Å². The lowest BCUT2D eigenvalue weighted by Gasteiger charge is -2.36. The van der Waals surface area contributed by atoms with Gasteiger partial charge >= 0.3 is 6.03 Å². The minimum Gasteiger partial charge on any atom is -0.493 e. The van der Waals surface area contributed by atoms with Crippen LogP contribution < -0.4 is 15.0 Å². The Balaban J connectivity index is 1.27. The fraction of sp³-hybridized carbons (Fsp3) is 0.364. The number of anilines is 1. The number of benzene rings is 1. The van der Waals surface area contributed by atoms with E-state index in [1.807, 2.05) is 30.3 Å². The van der Waals surface area contributed by atoms with Crippen molar-refractivity contribution in [2.24, 2.45) is 0 Å². The molecule has 0 unspecified atom stereocenters. The van der Waals surface area contributed by atoms with Crippen LogP contribution in [0.2, 0.25) is 0 Å². The minimum atomic E-state index is -1.16. The van der Waals surface area contributed by atoms with Gasteiger partial charge in [0.25, 0.3) is 5.91 Å². The zero-order valence-corrected chi connectivity index (χ0v) is 17.0. The van der Waals surface area contributed by atoms with Gasteiger partial charge in [-0.25, -0.2) is 9.78 Å². The molecule has 2 aromatic rings. The second kappa shape index (κ2) is 7.57. The van der Waals surface area contributed by atoms with Crippen molar-refractivity contribution in [2.45, 2.75) is 12.0 Å². The number of amides is 4. The molecule has 0 bridgehead atoms. The number of hydrogen-bond donors (Lipinski definition) is 1. The molecule has 0 aliphatic carbocycles. The summed E-state index contributed by atoms with van der Waals surface area (Å²) in [6.45, 7) is 2.39. The molecule has 2 saturated heterocycles. The Hall–Kier alpha value is -3.62. The first kappa shape index (κ1) is 19.3. The molecule has 3 aliphatic rings. The van der Waals surface area contributed by atoms with Gasteiger partial charge in [-0.1, -0.05) is 24.3 Å². The number of carbonyl (C=O) groups is 3. The highest BCUT2D eigenvalue weighted by atomic mass is 16.5. The van der Waals surface area contributed by atoms with Crippen LogP contribution >= 0.6 is 0 Å². The highest BCUT2D eigenvalue weighted by Crippen LogP contribution is 2.40. The third kappa shape index (κ3) is 3.26. The van der Waals surface area contributed by atoms with Gasteiger partial charge in [0.1, 0.15) is 18.1 Å². The van der Waals surface area contributed by atoms with Crippen molar-refractivity contribution in [1.29, 1.82) is 0 Å². The quantitative estimate of drug-likeness (QED) is 0.742. The van der Waals surface area contributed by atoms with Gasteiger partial charge in [-0.2, -0.15) is 0 Å².